The number of aliphatic imine (C=N–C) groups is 1. The van der Waals surface area contributed by atoms with E-state index in [2.05, 4.69) is 15.3 Å². The number of nitrogens with two attached hydrogens (primary N) is 1. The normalized spacial score (nSPS) is 17.3. The zero-order valence-corrected chi connectivity index (χ0v) is 14.7. The Hall–Kier alpha value is -3.54. The zero-order valence-electron chi connectivity index (χ0n) is 14.7. The van der Waals surface area contributed by atoms with Crippen molar-refractivity contribution in [2.45, 2.75) is 18.5 Å². The number of carbonyl (C=O) groups is 1. The number of amidine groups is 1. The number of benzene rings is 1. The number of anilines is 1. The van der Waals surface area contributed by atoms with E-state index in [-0.39, 0.29) is 34.1 Å². The third-order valence-corrected chi connectivity index (χ3v) is 5.10. The van der Waals surface area contributed by atoms with Gasteiger partial charge in [-0.25, -0.2) is 13.8 Å². The number of carbonyl (C=O) groups excluding carboxylic acids is 1. The zero-order chi connectivity index (χ0) is 19.9. The quantitative estimate of drug-likeness (QED) is 0.784. The van der Waals surface area contributed by atoms with Crippen LogP contribution >= 0.6 is 0 Å². The van der Waals surface area contributed by atoms with E-state index in [1.165, 1.54) is 18.5 Å². The molecule has 1 amide bonds. The molecule has 0 saturated carbocycles. The molecule has 4 rings (SSSR count). The maximum Gasteiger partial charge on any atom is 0.256 e. The van der Waals surface area contributed by atoms with E-state index in [0.717, 1.165) is 12.1 Å². The first-order chi connectivity index (χ1) is 13.4. The molecular weight excluding hydrogens is 366 g/mol. The summed E-state index contributed by atoms with van der Waals surface area (Å²) >= 11 is 0. The fourth-order valence-electron chi connectivity index (χ4n) is 3.62. The van der Waals surface area contributed by atoms with Gasteiger partial charge in [-0.2, -0.15) is 5.26 Å². The van der Waals surface area contributed by atoms with Gasteiger partial charge in [0.05, 0.1) is 22.4 Å². The highest BCUT2D eigenvalue weighted by Gasteiger charge is 2.40. The van der Waals surface area contributed by atoms with Crippen LogP contribution in [-0.2, 0) is 0 Å². The summed E-state index contributed by atoms with van der Waals surface area (Å²) in [5, 5.41) is 12.2. The van der Waals surface area contributed by atoms with Crippen LogP contribution in [0.2, 0.25) is 0 Å². The smallest absolute Gasteiger partial charge is 0.256 e. The van der Waals surface area contributed by atoms with Crippen molar-refractivity contribution in [1.82, 2.24) is 9.88 Å². The van der Waals surface area contributed by atoms with E-state index in [1.807, 2.05) is 6.07 Å². The number of pyridine rings is 1. The van der Waals surface area contributed by atoms with Crippen molar-refractivity contribution < 1.29 is 13.6 Å². The van der Waals surface area contributed by atoms with Crippen LogP contribution in [0.15, 0.2) is 35.6 Å². The highest BCUT2D eigenvalue weighted by Crippen LogP contribution is 2.36. The molecule has 1 spiro atoms. The van der Waals surface area contributed by atoms with Crippen LogP contribution in [0.4, 0.5) is 14.5 Å². The number of piperidine rings is 1. The van der Waals surface area contributed by atoms with Gasteiger partial charge in [0.25, 0.3) is 5.91 Å². The SMILES string of the molecule is N#Cc1ccncc1C(=O)N1CCC2(CC1)N=C(N)c1c(F)ccc(F)c1N2. The number of nitrogens with zero attached hydrogens (tertiary/aromatic N) is 4. The monoisotopic (exact) mass is 382 g/mol. The molecule has 9 heteroatoms. The maximum atomic E-state index is 14.2. The molecule has 3 heterocycles. The number of nitriles is 1. The molecule has 2 aromatic rings. The Kier molecular flexibility index (Phi) is 4.19. The standard InChI is InChI=1S/C19H16F2N6O/c20-13-1-2-14(21)16-15(13)17(23)26-19(25-16)4-7-27(8-5-19)18(28)12-10-24-6-3-11(12)9-22/h1-3,6,10,25H,4-5,7-8H2,(H2,23,26). The second kappa shape index (κ2) is 6.56. The molecule has 2 aliphatic heterocycles. The van der Waals surface area contributed by atoms with Crippen molar-refractivity contribution in [3.05, 3.63) is 58.9 Å². The number of aromatic nitrogens is 1. The minimum atomic E-state index is -0.907. The van der Waals surface area contributed by atoms with Gasteiger partial charge in [-0.05, 0) is 18.2 Å². The summed E-state index contributed by atoms with van der Waals surface area (Å²) in [4.78, 5) is 22.7. The van der Waals surface area contributed by atoms with Gasteiger partial charge in [-0.3, -0.25) is 9.78 Å². The van der Waals surface area contributed by atoms with E-state index in [1.54, 1.807) is 4.90 Å². The van der Waals surface area contributed by atoms with Crippen molar-refractivity contribution in [3.8, 4) is 6.07 Å². The first kappa shape index (κ1) is 17.9. The number of fused-ring (bicyclic) bond motifs is 1. The average molecular weight is 382 g/mol. The Morgan fingerprint density at radius 3 is 2.68 bits per heavy atom. The molecule has 28 heavy (non-hydrogen) atoms. The summed E-state index contributed by atoms with van der Waals surface area (Å²) in [5.74, 6) is -1.62. The molecule has 7 nitrogen and oxygen atoms in total. The maximum absolute atomic E-state index is 14.2. The summed E-state index contributed by atoms with van der Waals surface area (Å²) in [7, 11) is 0. The number of hydrogen-bond donors (Lipinski definition) is 2. The second-order valence-corrected chi connectivity index (χ2v) is 6.76. The van der Waals surface area contributed by atoms with Gasteiger partial charge in [0.1, 0.15) is 29.2 Å². The van der Waals surface area contributed by atoms with Crippen LogP contribution in [-0.4, -0.2) is 40.4 Å². The highest BCUT2D eigenvalue weighted by molar-refractivity contribution is 6.04. The summed E-state index contributed by atoms with van der Waals surface area (Å²) < 4.78 is 28.3. The van der Waals surface area contributed by atoms with Crippen LogP contribution < -0.4 is 11.1 Å². The lowest BCUT2D eigenvalue weighted by molar-refractivity contribution is 0.0684. The lowest BCUT2D eigenvalue weighted by Crippen LogP contribution is -2.52. The van der Waals surface area contributed by atoms with E-state index >= 15 is 0 Å². The topological polar surface area (TPSA) is 107 Å². The third-order valence-electron chi connectivity index (χ3n) is 5.10. The Morgan fingerprint density at radius 2 is 1.96 bits per heavy atom. The molecule has 2 aliphatic rings. The average Bonchev–Trinajstić information content (AvgIpc) is 2.70. The number of halogens is 2. The van der Waals surface area contributed by atoms with Gasteiger partial charge in [0.2, 0.25) is 0 Å². The molecule has 0 atom stereocenters. The summed E-state index contributed by atoms with van der Waals surface area (Å²) in [6.07, 6.45) is 3.54. The predicted molar refractivity (Wildman–Crippen MR) is 97.5 cm³/mol. The molecule has 1 aromatic carbocycles. The molecule has 1 saturated heterocycles. The van der Waals surface area contributed by atoms with E-state index < -0.39 is 17.3 Å². The Bertz CT molecular complexity index is 1040. The van der Waals surface area contributed by atoms with Crippen LogP contribution in [0.3, 0.4) is 0 Å². The van der Waals surface area contributed by atoms with Crippen LogP contribution in [0.5, 0.6) is 0 Å². The van der Waals surface area contributed by atoms with Gasteiger partial charge >= 0.3 is 0 Å². The number of likely N-dealkylation sites (tertiary alicyclic amines) is 1. The van der Waals surface area contributed by atoms with Gasteiger partial charge < -0.3 is 16.0 Å². The van der Waals surface area contributed by atoms with E-state index in [4.69, 9.17) is 5.73 Å². The Balaban J connectivity index is 1.56. The largest absolute Gasteiger partial charge is 0.383 e. The Labute approximate surface area is 159 Å². The van der Waals surface area contributed by atoms with Crippen LogP contribution in [0.1, 0.15) is 34.3 Å². The van der Waals surface area contributed by atoms with Crippen molar-refractivity contribution in [2.75, 3.05) is 18.4 Å². The van der Waals surface area contributed by atoms with Crippen molar-refractivity contribution in [1.29, 1.82) is 5.26 Å². The molecule has 1 aromatic heterocycles. The van der Waals surface area contributed by atoms with Gasteiger partial charge in [-0.15, -0.1) is 0 Å². The minimum absolute atomic E-state index is 0.00805. The molecule has 0 radical (unpaired) electrons. The van der Waals surface area contributed by atoms with E-state index in [9.17, 15) is 18.8 Å². The molecule has 3 N–H and O–H groups in total. The summed E-state index contributed by atoms with van der Waals surface area (Å²) in [5.41, 5.74) is 5.43. The lowest BCUT2D eigenvalue weighted by atomic mass is 9.93. The molecule has 142 valence electrons. The lowest BCUT2D eigenvalue weighted by Gasteiger charge is -2.42. The Morgan fingerprint density at radius 1 is 1.25 bits per heavy atom. The van der Waals surface area contributed by atoms with Crippen molar-refractivity contribution in [3.63, 3.8) is 0 Å². The number of amides is 1. The third kappa shape index (κ3) is 2.83. The molecule has 0 unspecified atom stereocenters. The van der Waals surface area contributed by atoms with E-state index in [0.29, 0.717) is 25.9 Å². The molecule has 1 fully saturated rings. The van der Waals surface area contributed by atoms with Crippen LogP contribution in [0.25, 0.3) is 0 Å². The summed E-state index contributed by atoms with van der Waals surface area (Å²) in [6.45, 7) is 0.628. The van der Waals surface area contributed by atoms with Crippen molar-refractivity contribution >= 4 is 17.4 Å². The molecular formula is C19H16F2N6O. The summed E-state index contributed by atoms with van der Waals surface area (Å²) in [6, 6.07) is 5.52. The fraction of sp³-hybridized carbons (Fsp3) is 0.263. The first-order valence-electron chi connectivity index (χ1n) is 8.69. The van der Waals surface area contributed by atoms with Gasteiger partial charge in [0.15, 0.2) is 0 Å². The number of nitrogens with one attached hydrogen (secondary N) is 1. The van der Waals surface area contributed by atoms with Gasteiger partial charge in [0, 0.05) is 38.3 Å². The number of rotatable bonds is 1. The molecule has 0 aliphatic carbocycles. The fourth-order valence-corrected chi connectivity index (χ4v) is 3.62. The highest BCUT2D eigenvalue weighted by atomic mass is 19.1. The second-order valence-electron chi connectivity index (χ2n) is 6.76. The first-order valence-corrected chi connectivity index (χ1v) is 8.69. The van der Waals surface area contributed by atoms with Crippen molar-refractivity contribution in [2.24, 2.45) is 10.7 Å². The minimum Gasteiger partial charge on any atom is -0.383 e. The number of hydrogen-bond acceptors (Lipinski definition) is 6. The molecule has 0 bridgehead atoms. The predicted octanol–water partition coefficient (Wildman–Crippen LogP) is 1.99. The van der Waals surface area contributed by atoms with Gasteiger partial charge in [-0.1, -0.05) is 0 Å². The van der Waals surface area contributed by atoms with Crippen LogP contribution in [0, 0.1) is 23.0 Å².